The molecule has 1 saturated heterocycles. The predicted molar refractivity (Wildman–Crippen MR) is 48.3 cm³/mol. The maximum atomic E-state index is 6.29. The van der Waals surface area contributed by atoms with Crippen molar-refractivity contribution in [1.29, 1.82) is 0 Å². The first-order valence-corrected chi connectivity index (χ1v) is 5.28. The Hall–Kier alpha value is 0.250. The molecule has 2 heteroatoms. The third-order valence-corrected chi connectivity index (χ3v) is 4.98. The van der Waals surface area contributed by atoms with Crippen LogP contribution in [0.2, 0.25) is 0 Å². The quantitative estimate of drug-likeness (QED) is 0.418. The molecule has 3 fully saturated rings. The number of ether oxygens (including phenoxy) is 1. The highest BCUT2D eigenvalue weighted by atomic mass is 35.5. The molecule has 1 aliphatic heterocycles. The second-order valence-corrected chi connectivity index (χ2v) is 5.82. The average Bonchev–Trinajstić information content (AvgIpc) is 2.84. The molecule has 0 N–H and O–H groups in total. The van der Waals surface area contributed by atoms with Crippen LogP contribution in [0.4, 0.5) is 0 Å². The van der Waals surface area contributed by atoms with E-state index in [0.29, 0.717) is 10.8 Å². The summed E-state index contributed by atoms with van der Waals surface area (Å²) in [4.78, 5) is 0. The van der Waals surface area contributed by atoms with Gasteiger partial charge in [0.25, 0.3) is 0 Å². The third-order valence-electron chi connectivity index (χ3n) is 4.40. The van der Waals surface area contributed by atoms with Gasteiger partial charge in [0.05, 0.1) is 12.0 Å². The van der Waals surface area contributed by atoms with Gasteiger partial charge in [0, 0.05) is 0 Å². The minimum absolute atomic E-state index is 0.122. The number of halogens is 1. The van der Waals surface area contributed by atoms with Crippen LogP contribution in [-0.2, 0) is 4.74 Å². The summed E-state index contributed by atoms with van der Waals surface area (Å²) in [6.07, 6.45) is 2.40. The molecule has 0 aromatic rings. The summed E-state index contributed by atoms with van der Waals surface area (Å²) in [6.45, 7) is 5.65. The van der Waals surface area contributed by atoms with E-state index in [1.54, 1.807) is 0 Å². The van der Waals surface area contributed by atoms with E-state index in [2.05, 4.69) is 13.8 Å². The van der Waals surface area contributed by atoms with Crippen molar-refractivity contribution in [3.05, 3.63) is 0 Å². The summed E-state index contributed by atoms with van der Waals surface area (Å²) < 4.78 is 5.51. The molecule has 0 aromatic heterocycles. The SMILES string of the molecule is CC1(C)[C@@H]2C[C@@H](Cl)[C@@]3(CO3)C[C@@H]21. The number of hydrogen-bond acceptors (Lipinski definition) is 1. The van der Waals surface area contributed by atoms with Crippen molar-refractivity contribution in [2.45, 2.75) is 37.7 Å². The molecule has 2 aliphatic carbocycles. The van der Waals surface area contributed by atoms with Gasteiger partial charge in [0.15, 0.2) is 0 Å². The van der Waals surface area contributed by atoms with Gasteiger partial charge in [-0.25, -0.2) is 0 Å². The lowest BCUT2D eigenvalue weighted by atomic mass is 9.89. The molecule has 0 aromatic carbocycles. The van der Waals surface area contributed by atoms with Crippen LogP contribution < -0.4 is 0 Å². The molecule has 1 spiro atoms. The maximum Gasteiger partial charge on any atom is 0.108 e. The molecule has 4 atom stereocenters. The van der Waals surface area contributed by atoms with Gasteiger partial charge in [-0.15, -0.1) is 11.6 Å². The fourth-order valence-electron chi connectivity index (χ4n) is 3.06. The van der Waals surface area contributed by atoms with Gasteiger partial charge in [-0.3, -0.25) is 0 Å². The van der Waals surface area contributed by atoms with E-state index in [0.717, 1.165) is 18.4 Å². The van der Waals surface area contributed by atoms with Crippen LogP contribution in [0.3, 0.4) is 0 Å². The van der Waals surface area contributed by atoms with Gasteiger partial charge in [0.2, 0.25) is 0 Å². The minimum atomic E-state index is 0.122. The Balaban J connectivity index is 1.84. The summed E-state index contributed by atoms with van der Waals surface area (Å²) >= 11 is 6.29. The molecule has 0 bridgehead atoms. The van der Waals surface area contributed by atoms with Crippen molar-refractivity contribution in [3.63, 3.8) is 0 Å². The molecule has 1 nitrogen and oxygen atoms in total. The van der Waals surface area contributed by atoms with E-state index in [1.165, 1.54) is 12.8 Å². The third kappa shape index (κ3) is 0.748. The molecule has 0 unspecified atom stereocenters. The Morgan fingerprint density at radius 3 is 2.58 bits per heavy atom. The lowest BCUT2D eigenvalue weighted by Crippen LogP contribution is -2.30. The highest BCUT2D eigenvalue weighted by Gasteiger charge is 2.68. The molecule has 2 saturated carbocycles. The first-order chi connectivity index (χ1) is 5.56. The van der Waals surface area contributed by atoms with Crippen LogP contribution in [0.5, 0.6) is 0 Å². The molecule has 68 valence electrons. The van der Waals surface area contributed by atoms with Gasteiger partial charge in [-0.2, -0.15) is 0 Å². The van der Waals surface area contributed by atoms with E-state index in [4.69, 9.17) is 16.3 Å². The zero-order chi connectivity index (χ0) is 8.56. The number of hydrogen-bond donors (Lipinski definition) is 0. The summed E-state index contributed by atoms with van der Waals surface area (Å²) in [6, 6.07) is 0. The lowest BCUT2D eigenvalue weighted by Gasteiger charge is -2.22. The Morgan fingerprint density at radius 2 is 2.00 bits per heavy atom. The van der Waals surface area contributed by atoms with E-state index >= 15 is 0 Å². The van der Waals surface area contributed by atoms with Crippen LogP contribution in [0.25, 0.3) is 0 Å². The van der Waals surface area contributed by atoms with E-state index < -0.39 is 0 Å². The standard InChI is InChI=1S/C10H15ClO/c1-9(2)6-3-8(11)10(5-12-10)4-7(6)9/h6-8H,3-5H2,1-2H3/t6-,7+,8-,10+/m1/s1. The van der Waals surface area contributed by atoms with Gasteiger partial charge < -0.3 is 4.74 Å². The topological polar surface area (TPSA) is 12.5 Å². The molecule has 1 heterocycles. The van der Waals surface area contributed by atoms with E-state index in [1.807, 2.05) is 0 Å². The van der Waals surface area contributed by atoms with E-state index in [-0.39, 0.29) is 5.60 Å². The van der Waals surface area contributed by atoms with Crippen molar-refractivity contribution in [3.8, 4) is 0 Å². The summed E-state index contributed by atoms with van der Waals surface area (Å²) in [5, 5.41) is 0.292. The molecular weight excluding hydrogens is 172 g/mol. The normalized spacial score (nSPS) is 59.8. The number of rotatable bonds is 0. The van der Waals surface area contributed by atoms with Gasteiger partial charge in [-0.1, -0.05) is 13.8 Å². The number of alkyl halides is 1. The summed E-state index contributed by atoms with van der Waals surface area (Å²) in [5.41, 5.74) is 0.680. The molecule has 12 heavy (non-hydrogen) atoms. The summed E-state index contributed by atoms with van der Waals surface area (Å²) in [7, 11) is 0. The number of fused-ring (bicyclic) bond motifs is 1. The second-order valence-electron chi connectivity index (χ2n) is 5.30. The predicted octanol–water partition coefficient (Wildman–Crippen LogP) is 2.43. The Bertz CT molecular complexity index is 232. The molecule has 0 amide bonds. The molecular formula is C10H15ClO. The van der Waals surface area contributed by atoms with Crippen molar-refractivity contribution in [1.82, 2.24) is 0 Å². The van der Waals surface area contributed by atoms with Crippen molar-refractivity contribution < 1.29 is 4.74 Å². The first-order valence-electron chi connectivity index (χ1n) is 4.84. The molecule has 3 rings (SSSR count). The van der Waals surface area contributed by atoms with Crippen LogP contribution in [0, 0.1) is 17.3 Å². The average molecular weight is 187 g/mol. The highest BCUT2D eigenvalue weighted by Crippen LogP contribution is 2.69. The highest BCUT2D eigenvalue weighted by molar-refractivity contribution is 6.21. The maximum absolute atomic E-state index is 6.29. The van der Waals surface area contributed by atoms with Crippen molar-refractivity contribution in [2.75, 3.05) is 6.61 Å². The minimum Gasteiger partial charge on any atom is -0.368 e. The molecule has 3 aliphatic rings. The van der Waals surface area contributed by atoms with Crippen LogP contribution >= 0.6 is 11.6 Å². The molecule has 0 radical (unpaired) electrons. The Kier molecular flexibility index (Phi) is 1.18. The van der Waals surface area contributed by atoms with Gasteiger partial charge in [0.1, 0.15) is 5.60 Å². The van der Waals surface area contributed by atoms with Crippen LogP contribution in [0.1, 0.15) is 26.7 Å². The van der Waals surface area contributed by atoms with Gasteiger partial charge >= 0.3 is 0 Å². The van der Waals surface area contributed by atoms with Crippen LogP contribution in [0.15, 0.2) is 0 Å². The largest absolute Gasteiger partial charge is 0.368 e. The lowest BCUT2D eigenvalue weighted by molar-refractivity contribution is 0.233. The fraction of sp³-hybridized carbons (Fsp3) is 1.00. The second kappa shape index (κ2) is 1.85. The van der Waals surface area contributed by atoms with Crippen LogP contribution in [-0.4, -0.2) is 17.6 Å². The zero-order valence-electron chi connectivity index (χ0n) is 7.64. The van der Waals surface area contributed by atoms with Crippen molar-refractivity contribution in [2.24, 2.45) is 17.3 Å². The Labute approximate surface area is 78.4 Å². The first kappa shape index (κ1) is 7.64. The van der Waals surface area contributed by atoms with E-state index in [9.17, 15) is 0 Å². The smallest absolute Gasteiger partial charge is 0.108 e. The number of epoxide rings is 1. The zero-order valence-corrected chi connectivity index (χ0v) is 8.40. The summed E-state index contributed by atoms with van der Waals surface area (Å²) in [5.74, 6) is 1.78. The van der Waals surface area contributed by atoms with Gasteiger partial charge in [-0.05, 0) is 30.1 Å². The fourth-order valence-corrected chi connectivity index (χ4v) is 3.47. The Morgan fingerprint density at radius 1 is 1.33 bits per heavy atom. The monoisotopic (exact) mass is 186 g/mol. The van der Waals surface area contributed by atoms with Crippen molar-refractivity contribution >= 4 is 11.6 Å².